The predicted octanol–water partition coefficient (Wildman–Crippen LogP) is 5.86. The van der Waals surface area contributed by atoms with Crippen LogP contribution in [0.25, 0.3) is 0 Å². The number of aliphatic hydroxyl groups is 1. The van der Waals surface area contributed by atoms with Gasteiger partial charge >= 0.3 is 12.1 Å². The highest BCUT2D eigenvalue weighted by atomic mass is 35.5. The zero-order valence-corrected chi connectivity index (χ0v) is 19.6. The number of nitrogens with two attached hydrogens (primary N) is 1. The number of rotatable bonds is 8. The number of ether oxygens (including phenoxy) is 2. The van der Waals surface area contributed by atoms with E-state index in [-0.39, 0.29) is 27.8 Å². The number of carbonyl (C=O) groups is 1. The van der Waals surface area contributed by atoms with Crippen molar-refractivity contribution in [2.24, 2.45) is 5.73 Å². The topological polar surface area (TPSA) is 94.7 Å². The molecule has 0 bridgehead atoms. The summed E-state index contributed by atoms with van der Waals surface area (Å²) in [5.41, 5.74) is 1.43. The third kappa shape index (κ3) is 5.91. The lowest BCUT2D eigenvalue weighted by atomic mass is 9.77. The maximum absolute atomic E-state index is 14.2. The number of benzene rings is 1. The van der Waals surface area contributed by atoms with Crippen LogP contribution < -0.4 is 10.5 Å². The van der Waals surface area contributed by atoms with Gasteiger partial charge in [0.25, 0.3) is 0 Å². The number of hydrogen-bond donors (Lipinski definition) is 2. The van der Waals surface area contributed by atoms with Crippen molar-refractivity contribution in [3.8, 4) is 11.6 Å². The number of nitrogens with zero attached hydrogens (tertiary/aromatic N) is 1. The van der Waals surface area contributed by atoms with Gasteiger partial charge in [0, 0.05) is 23.2 Å². The number of halogens is 5. The van der Waals surface area contributed by atoms with Gasteiger partial charge in [-0.2, -0.15) is 13.2 Å². The number of allylic oxidation sites excluding steroid dienone is 2. The summed E-state index contributed by atoms with van der Waals surface area (Å²) < 4.78 is 52.8. The van der Waals surface area contributed by atoms with Crippen molar-refractivity contribution in [3.63, 3.8) is 0 Å². The Kier molecular flexibility index (Phi) is 8.77. The van der Waals surface area contributed by atoms with Crippen LogP contribution >= 0.6 is 23.2 Å². The van der Waals surface area contributed by atoms with Crippen LogP contribution in [0, 0.1) is 0 Å². The minimum Gasteiger partial charge on any atom is -0.465 e. The van der Waals surface area contributed by atoms with Crippen LogP contribution in [0.15, 0.2) is 72.1 Å². The number of methoxy groups -OCH3 is 1. The normalized spacial score (nSPS) is 15.3. The molecule has 0 spiro atoms. The molecule has 34 heavy (non-hydrogen) atoms. The van der Waals surface area contributed by atoms with Crippen molar-refractivity contribution < 1.29 is 32.5 Å². The Hall–Kier alpha value is -3.01. The van der Waals surface area contributed by atoms with Crippen molar-refractivity contribution in [3.05, 3.63) is 88.2 Å². The SMILES string of the molecule is C=C/C=C(\C=C(/N)Cl)[C@](O)([C@H](C)c1cc(Oc2ccc(C(=O)OC)cn2)ccc1Cl)C(F)(F)F. The van der Waals surface area contributed by atoms with Crippen LogP contribution in [0.2, 0.25) is 5.02 Å². The Labute approximate surface area is 204 Å². The molecule has 11 heteroatoms. The maximum atomic E-state index is 14.2. The van der Waals surface area contributed by atoms with E-state index in [1.54, 1.807) is 0 Å². The molecule has 1 aromatic heterocycles. The van der Waals surface area contributed by atoms with Crippen LogP contribution in [-0.4, -0.2) is 34.9 Å². The molecule has 0 aliphatic heterocycles. The average Bonchev–Trinajstić information content (AvgIpc) is 2.78. The van der Waals surface area contributed by atoms with Gasteiger partial charge in [-0.15, -0.1) is 0 Å². The number of carbonyl (C=O) groups excluding carboxylic acids is 1. The second-order valence-corrected chi connectivity index (χ2v) is 7.88. The summed E-state index contributed by atoms with van der Waals surface area (Å²) in [7, 11) is 1.22. The lowest BCUT2D eigenvalue weighted by Gasteiger charge is -2.37. The molecular weight excluding hydrogens is 496 g/mol. The molecule has 2 rings (SSSR count). The highest BCUT2D eigenvalue weighted by Crippen LogP contribution is 2.48. The van der Waals surface area contributed by atoms with Gasteiger partial charge < -0.3 is 20.3 Å². The second-order valence-electron chi connectivity index (χ2n) is 7.03. The van der Waals surface area contributed by atoms with Crippen molar-refractivity contribution in [2.45, 2.75) is 24.6 Å². The first-order chi connectivity index (χ1) is 15.8. The van der Waals surface area contributed by atoms with Crippen molar-refractivity contribution in [2.75, 3.05) is 7.11 Å². The van der Waals surface area contributed by atoms with Crippen LogP contribution in [0.4, 0.5) is 13.2 Å². The molecule has 6 nitrogen and oxygen atoms in total. The van der Waals surface area contributed by atoms with Crippen molar-refractivity contribution in [1.29, 1.82) is 0 Å². The molecule has 0 aliphatic rings. The largest absolute Gasteiger partial charge is 0.465 e. The average molecular weight is 517 g/mol. The van der Waals surface area contributed by atoms with Crippen molar-refractivity contribution >= 4 is 29.2 Å². The molecule has 1 heterocycles. The highest BCUT2D eigenvalue weighted by Gasteiger charge is 2.59. The van der Waals surface area contributed by atoms with E-state index in [0.717, 1.165) is 25.2 Å². The number of alkyl halides is 3. The molecule has 0 amide bonds. The third-order valence-corrected chi connectivity index (χ3v) is 5.36. The third-order valence-electron chi connectivity index (χ3n) is 4.90. The van der Waals surface area contributed by atoms with E-state index in [1.165, 1.54) is 43.6 Å². The van der Waals surface area contributed by atoms with Crippen LogP contribution in [-0.2, 0) is 4.74 Å². The number of esters is 1. The van der Waals surface area contributed by atoms with Gasteiger partial charge in [0.15, 0.2) is 5.60 Å². The Balaban J connectivity index is 2.51. The smallest absolute Gasteiger partial charge is 0.422 e. The van der Waals surface area contributed by atoms with E-state index < -0.39 is 34.4 Å². The molecule has 0 saturated heterocycles. The predicted molar refractivity (Wildman–Crippen MR) is 123 cm³/mol. The minimum atomic E-state index is -5.14. The maximum Gasteiger partial charge on any atom is 0.422 e. The lowest BCUT2D eigenvalue weighted by molar-refractivity contribution is -0.250. The molecule has 2 atom stereocenters. The van der Waals surface area contributed by atoms with E-state index in [2.05, 4.69) is 16.3 Å². The van der Waals surface area contributed by atoms with Gasteiger partial charge in [-0.3, -0.25) is 0 Å². The molecule has 2 aromatic rings. The quantitative estimate of drug-likeness (QED) is 0.259. The fourth-order valence-corrected chi connectivity index (χ4v) is 3.56. The number of pyridine rings is 1. The van der Waals surface area contributed by atoms with Gasteiger partial charge in [0.05, 0.1) is 17.8 Å². The molecule has 1 aromatic carbocycles. The summed E-state index contributed by atoms with van der Waals surface area (Å²) in [5, 5.41) is 10.5. The molecular formula is C23H21Cl2F3N2O4. The van der Waals surface area contributed by atoms with Gasteiger partial charge in [-0.1, -0.05) is 48.9 Å². The Morgan fingerprint density at radius 3 is 2.47 bits per heavy atom. The summed E-state index contributed by atoms with van der Waals surface area (Å²) in [6.45, 7) is 4.54. The van der Waals surface area contributed by atoms with Crippen LogP contribution in [0.5, 0.6) is 11.6 Å². The minimum absolute atomic E-state index is 0.0442. The fraction of sp³-hybridized carbons (Fsp3) is 0.217. The van der Waals surface area contributed by atoms with E-state index in [1.807, 2.05) is 0 Å². The molecule has 0 aliphatic carbocycles. The first-order valence-corrected chi connectivity index (χ1v) is 10.4. The van der Waals surface area contributed by atoms with Gasteiger partial charge in [-0.25, -0.2) is 9.78 Å². The first kappa shape index (κ1) is 27.2. The van der Waals surface area contributed by atoms with Gasteiger partial charge in [0.2, 0.25) is 5.88 Å². The van der Waals surface area contributed by atoms with E-state index in [0.29, 0.717) is 0 Å². The molecule has 0 unspecified atom stereocenters. The summed E-state index contributed by atoms with van der Waals surface area (Å²) in [6, 6.07) is 6.78. The zero-order chi connectivity index (χ0) is 25.7. The van der Waals surface area contributed by atoms with E-state index in [9.17, 15) is 23.1 Å². The molecule has 182 valence electrons. The lowest BCUT2D eigenvalue weighted by Crippen LogP contribution is -2.50. The highest BCUT2D eigenvalue weighted by molar-refractivity contribution is 6.31. The zero-order valence-electron chi connectivity index (χ0n) is 18.1. The summed E-state index contributed by atoms with van der Waals surface area (Å²) >= 11 is 11.8. The molecule has 0 radical (unpaired) electrons. The molecule has 0 fully saturated rings. The molecule has 3 N–H and O–H groups in total. The van der Waals surface area contributed by atoms with Gasteiger partial charge in [0.1, 0.15) is 5.75 Å². The monoisotopic (exact) mass is 516 g/mol. The Morgan fingerprint density at radius 1 is 1.29 bits per heavy atom. The van der Waals surface area contributed by atoms with Crippen LogP contribution in [0.1, 0.15) is 28.8 Å². The Morgan fingerprint density at radius 2 is 1.97 bits per heavy atom. The van der Waals surface area contributed by atoms with Crippen molar-refractivity contribution in [1.82, 2.24) is 4.98 Å². The fourth-order valence-electron chi connectivity index (χ4n) is 3.16. The van der Waals surface area contributed by atoms with Gasteiger partial charge in [-0.05, 0) is 41.5 Å². The first-order valence-electron chi connectivity index (χ1n) is 9.61. The standard InChI is InChI=1S/C23H21Cl2F3N2O4/c1-4-5-15(10-19(25)29)22(32,23(26,27)28)13(2)17-11-16(7-8-18(17)24)34-20-9-6-14(12-30-20)21(31)33-3/h4-13,32H,1,29H2,2-3H3/b15-5+,19-10-/t13-,22-/m1/s1. The van der Waals surface area contributed by atoms with E-state index >= 15 is 0 Å². The summed E-state index contributed by atoms with van der Waals surface area (Å²) in [6.07, 6.45) is -1.09. The van der Waals surface area contributed by atoms with E-state index in [4.69, 9.17) is 33.7 Å². The summed E-state index contributed by atoms with van der Waals surface area (Å²) in [5.74, 6) is -2.07. The summed E-state index contributed by atoms with van der Waals surface area (Å²) in [4.78, 5) is 15.5. The number of hydrogen-bond acceptors (Lipinski definition) is 6. The Bertz CT molecular complexity index is 1110. The number of aromatic nitrogens is 1. The molecule has 0 saturated carbocycles. The second kappa shape index (κ2) is 10.9. The van der Waals surface area contributed by atoms with Crippen LogP contribution in [0.3, 0.4) is 0 Å².